The molecule has 3 aromatic carbocycles. The molecule has 25 nitrogen and oxygen atoms in total. The highest BCUT2D eigenvalue weighted by Crippen LogP contribution is 2.66. The summed E-state index contributed by atoms with van der Waals surface area (Å²) < 4.78 is 64.6. The Kier molecular flexibility index (Phi) is 14.3. The van der Waals surface area contributed by atoms with Crippen LogP contribution in [-0.2, 0) is 46.7 Å². The number of phosphoric acid groups is 3. The van der Waals surface area contributed by atoms with Crippen LogP contribution in [0.2, 0.25) is 0 Å². The molecule has 28 heteroatoms. The number of aromatic hydroxyl groups is 2. The van der Waals surface area contributed by atoms with E-state index < -0.39 is 77.2 Å². The first kappa shape index (κ1) is 49.1. The minimum atomic E-state index is -5.79. The van der Waals surface area contributed by atoms with E-state index in [9.17, 15) is 62.8 Å². The molecule has 358 valence electrons. The van der Waals surface area contributed by atoms with E-state index in [2.05, 4.69) is 28.8 Å². The Bertz CT molecular complexity index is 2860. The van der Waals surface area contributed by atoms with Crippen LogP contribution < -0.4 is 26.6 Å². The lowest BCUT2D eigenvalue weighted by atomic mass is 9.77. The molecule has 1 saturated heterocycles. The second kappa shape index (κ2) is 19.4. The zero-order valence-electron chi connectivity index (χ0n) is 34.5. The van der Waals surface area contributed by atoms with Gasteiger partial charge in [-0.05, 0) is 55.3 Å². The van der Waals surface area contributed by atoms with Crippen LogP contribution >= 0.6 is 23.5 Å². The van der Waals surface area contributed by atoms with E-state index in [0.717, 1.165) is 10.8 Å². The number of phosphoric ester groups is 1. The number of rotatable bonds is 18. The van der Waals surface area contributed by atoms with Crippen molar-refractivity contribution in [2.75, 3.05) is 19.7 Å². The Balaban J connectivity index is 0.861. The fourth-order valence-corrected chi connectivity index (χ4v) is 10.5. The summed E-state index contributed by atoms with van der Waals surface area (Å²) >= 11 is 0. The lowest BCUT2D eigenvalue weighted by Gasteiger charge is -2.36. The van der Waals surface area contributed by atoms with E-state index in [0.29, 0.717) is 36.0 Å². The van der Waals surface area contributed by atoms with Crippen LogP contribution in [0.3, 0.4) is 0 Å². The highest BCUT2D eigenvalue weighted by atomic mass is 31.3. The second-order valence-electron chi connectivity index (χ2n) is 15.1. The molecule has 3 aliphatic heterocycles. The van der Waals surface area contributed by atoms with Crippen molar-refractivity contribution < 1.29 is 90.3 Å². The summed E-state index contributed by atoms with van der Waals surface area (Å²) in [4.78, 5) is 103. The lowest BCUT2D eigenvalue weighted by Crippen LogP contribution is -2.33. The van der Waals surface area contributed by atoms with Crippen LogP contribution in [0.15, 0.2) is 76.5 Å². The Morgan fingerprint density at radius 3 is 2.22 bits per heavy atom. The van der Waals surface area contributed by atoms with E-state index in [1.807, 2.05) is 0 Å². The number of benzene rings is 3. The average Bonchev–Trinajstić information content (AvgIpc) is 3.74. The van der Waals surface area contributed by atoms with Gasteiger partial charge in [-0.25, -0.2) is 23.3 Å². The standard InChI is InChI=1S/C39H41N4O21P3/c44-23-8-11-26-30(16-23)60-31-17-24(45)9-12-27(31)39(26)28-15-21(7-10-25(28)37(50)62-39)35(48)41-13-3-1-2-6-33(47)40-14-4-5-22-19-43(38(51)42-36(22)49)34-18-29(46)32(61-34)20-59-66(55,56)64-67(57,58)63-65(52,53)54/h4-5,7-12,15-17,19,29,32,34,44-46H,1-3,6,13-14,18,20H2,(H,40,47)(H,41,48)(H,55,56)(H,57,58)(H,42,49,51)(H2,52,53,54)/b5-4+/t29-,32+,34+/m0/s1. The van der Waals surface area contributed by atoms with Crippen LogP contribution in [0.4, 0.5) is 0 Å². The lowest BCUT2D eigenvalue weighted by molar-refractivity contribution is -0.121. The number of nitrogens with one attached hydrogen (secondary N) is 3. The monoisotopic (exact) mass is 994 g/mol. The third kappa shape index (κ3) is 11.3. The van der Waals surface area contributed by atoms with E-state index >= 15 is 0 Å². The van der Waals surface area contributed by atoms with Gasteiger partial charge in [0.25, 0.3) is 11.5 Å². The number of nitrogens with zero attached hydrogens (tertiary/aromatic N) is 1. The van der Waals surface area contributed by atoms with Gasteiger partial charge in [-0.15, -0.1) is 0 Å². The minimum absolute atomic E-state index is 0.0113. The summed E-state index contributed by atoms with van der Waals surface area (Å²) in [5.74, 6) is -1.19. The van der Waals surface area contributed by atoms with Crippen molar-refractivity contribution in [3.05, 3.63) is 121 Å². The Morgan fingerprint density at radius 2 is 1.55 bits per heavy atom. The number of carbonyl (C=O) groups is 3. The molecule has 1 spiro atoms. The number of hydrogen-bond donors (Lipinski definition) is 10. The fourth-order valence-electron chi connectivity index (χ4n) is 7.52. The van der Waals surface area contributed by atoms with Gasteiger partial charge in [0.2, 0.25) is 5.91 Å². The number of carbonyl (C=O) groups excluding carboxylic acids is 3. The number of hydrogen-bond acceptors (Lipinski definition) is 17. The van der Waals surface area contributed by atoms with Crippen molar-refractivity contribution in [2.24, 2.45) is 0 Å². The number of phenolic OH excluding ortho intramolecular Hbond substituents is 2. The van der Waals surface area contributed by atoms with Crippen LogP contribution in [0.5, 0.6) is 23.0 Å². The van der Waals surface area contributed by atoms with Gasteiger partial charge in [0.1, 0.15) is 35.3 Å². The van der Waals surface area contributed by atoms with Crippen molar-refractivity contribution in [1.29, 1.82) is 0 Å². The molecule has 3 aliphatic rings. The Morgan fingerprint density at radius 1 is 0.866 bits per heavy atom. The van der Waals surface area contributed by atoms with Crippen molar-refractivity contribution >= 4 is 47.3 Å². The molecule has 0 saturated carbocycles. The highest BCUT2D eigenvalue weighted by molar-refractivity contribution is 7.66. The first-order valence-corrected chi connectivity index (χ1v) is 24.5. The molecule has 0 aliphatic carbocycles. The Hall–Kier alpha value is -5.78. The molecule has 4 heterocycles. The van der Waals surface area contributed by atoms with Gasteiger partial charge < -0.3 is 59.7 Å². The van der Waals surface area contributed by atoms with Crippen molar-refractivity contribution in [2.45, 2.75) is 56.1 Å². The second-order valence-corrected chi connectivity index (χ2v) is 19.6. The number of H-pyrrole nitrogens is 1. The maximum absolute atomic E-state index is 13.3. The third-order valence-corrected chi connectivity index (χ3v) is 14.2. The fraction of sp³-hybridized carbons (Fsp3) is 0.308. The zero-order valence-corrected chi connectivity index (χ0v) is 37.1. The van der Waals surface area contributed by atoms with Gasteiger partial charge in [-0.3, -0.25) is 28.5 Å². The number of aliphatic hydroxyl groups excluding tert-OH is 1. The van der Waals surface area contributed by atoms with Gasteiger partial charge >= 0.3 is 35.1 Å². The van der Waals surface area contributed by atoms with Crippen molar-refractivity contribution in [1.82, 2.24) is 20.2 Å². The Labute approximate surface area is 377 Å². The topological polar surface area (TPSA) is 378 Å². The third-order valence-electron chi connectivity index (χ3n) is 10.4. The number of aromatic nitrogens is 2. The number of esters is 1. The molecular weight excluding hydrogens is 953 g/mol. The molecule has 0 radical (unpaired) electrons. The number of unbranched alkanes of at least 4 members (excludes halogenated alkanes) is 2. The van der Waals surface area contributed by atoms with Gasteiger partial charge in [0, 0.05) is 66.5 Å². The quantitative estimate of drug-likeness (QED) is 0.0389. The predicted molar refractivity (Wildman–Crippen MR) is 227 cm³/mol. The molecule has 67 heavy (non-hydrogen) atoms. The molecule has 2 unspecified atom stereocenters. The maximum Gasteiger partial charge on any atom is 0.490 e. The molecule has 1 fully saturated rings. The number of phenols is 2. The van der Waals surface area contributed by atoms with Crippen molar-refractivity contribution in [3.63, 3.8) is 0 Å². The van der Waals surface area contributed by atoms with Gasteiger partial charge in [-0.1, -0.05) is 18.6 Å². The van der Waals surface area contributed by atoms with Gasteiger partial charge in [-0.2, -0.15) is 8.62 Å². The summed E-state index contributed by atoms with van der Waals surface area (Å²) in [6, 6.07) is 13.2. The average molecular weight is 995 g/mol. The largest absolute Gasteiger partial charge is 0.508 e. The van der Waals surface area contributed by atoms with E-state index in [1.54, 1.807) is 18.2 Å². The van der Waals surface area contributed by atoms with E-state index in [4.69, 9.17) is 24.0 Å². The molecule has 2 amide bonds. The minimum Gasteiger partial charge on any atom is -0.508 e. The first-order valence-electron chi connectivity index (χ1n) is 20.0. The number of aromatic amines is 1. The van der Waals surface area contributed by atoms with Crippen LogP contribution in [-0.4, -0.2) is 94.1 Å². The van der Waals surface area contributed by atoms with Crippen LogP contribution in [0.1, 0.15) is 81.3 Å². The smallest absolute Gasteiger partial charge is 0.490 e. The predicted octanol–water partition coefficient (Wildman–Crippen LogP) is 2.63. The van der Waals surface area contributed by atoms with Gasteiger partial charge in [0.15, 0.2) is 5.60 Å². The molecule has 0 bridgehead atoms. The zero-order chi connectivity index (χ0) is 48.5. The normalized spacial score (nSPS) is 20.0. The summed E-state index contributed by atoms with van der Waals surface area (Å²) in [5.41, 5.74) is -1.70. The summed E-state index contributed by atoms with van der Waals surface area (Å²) in [6.07, 6.45) is 1.08. The summed E-state index contributed by atoms with van der Waals surface area (Å²) in [5, 5.41) is 36.3. The molecule has 7 rings (SSSR count). The maximum atomic E-state index is 13.3. The molecule has 1 aromatic heterocycles. The molecule has 5 atom stereocenters. The molecular formula is C39H41N4O21P3. The number of amides is 2. The molecule has 4 aromatic rings. The molecule has 10 N–H and O–H groups in total. The van der Waals surface area contributed by atoms with Crippen molar-refractivity contribution in [3.8, 4) is 23.0 Å². The van der Waals surface area contributed by atoms with Crippen LogP contribution in [0, 0.1) is 0 Å². The van der Waals surface area contributed by atoms with E-state index in [1.165, 1.54) is 48.6 Å². The van der Waals surface area contributed by atoms with Crippen LogP contribution in [0.25, 0.3) is 6.08 Å². The number of ether oxygens (including phenoxy) is 3. The number of fused-ring (bicyclic) bond motifs is 6. The van der Waals surface area contributed by atoms with E-state index in [-0.39, 0.29) is 71.5 Å². The SMILES string of the molecule is O=C(CCCCCNC(=O)c1ccc2c(c1)C1(OC2=O)c2ccc(O)cc2Oc2cc(O)ccc21)NC/C=C/c1cn([C@H]2C[C@H](O)[C@@H](COP(=O)(O)OP(=O)(O)OP(=O)(O)O)O2)c(=O)[nH]c1=O. The highest BCUT2D eigenvalue weighted by Gasteiger charge is 2.54. The summed E-state index contributed by atoms with van der Waals surface area (Å²) in [6.45, 7) is -0.723. The first-order chi connectivity index (χ1) is 31.5. The van der Waals surface area contributed by atoms with Gasteiger partial charge in [0.05, 0.1) is 23.8 Å². The summed E-state index contributed by atoms with van der Waals surface area (Å²) in [7, 11) is -16.9. The number of aliphatic hydroxyl groups is 1.